The Balaban J connectivity index is 2.31. The van der Waals surface area contributed by atoms with Crippen molar-refractivity contribution in [2.45, 2.75) is 46.6 Å². The van der Waals surface area contributed by atoms with Crippen LogP contribution in [0.15, 0.2) is 24.3 Å². The van der Waals surface area contributed by atoms with Crippen LogP contribution in [0.25, 0.3) is 17.1 Å². The number of imidazole rings is 1. The maximum absolute atomic E-state index is 11.3. The number of fused-ring (bicyclic) bond motifs is 1. The third-order valence-electron chi connectivity index (χ3n) is 4.76. The number of rotatable bonds is 11. The minimum atomic E-state index is -0.458. The highest BCUT2D eigenvalue weighted by Gasteiger charge is 2.12. The molecule has 0 saturated carbocycles. The molecular weight excluding hydrogens is 326 g/mol. The average Bonchev–Trinajstić information content (AvgIpc) is 3.01. The van der Waals surface area contributed by atoms with Crippen molar-refractivity contribution in [3.05, 3.63) is 35.7 Å². The summed E-state index contributed by atoms with van der Waals surface area (Å²) >= 11 is 0. The van der Waals surface area contributed by atoms with Crippen molar-refractivity contribution in [1.82, 2.24) is 14.5 Å². The Labute approximate surface area is 156 Å². The Kier molecular flexibility index (Phi) is 8.01. The molecule has 0 unspecified atom stereocenters. The molecule has 0 saturated heterocycles. The smallest absolute Gasteiger partial charge is 0.181 e. The number of hydrogen-bond donors (Lipinski definition) is 1. The van der Waals surface area contributed by atoms with Gasteiger partial charge in [-0.25, -0.2) is 4.98 Å². The van der Waals surface area contributed by atoms with E-state index in [2.05, 4.69) is 36.3 Å². The second-order valence-corrected chi connectivity index (χ2v) is 6.52. The highest BCUT2D eigenvalue weighted by molar-refractivity contribution is 5.94. The lowest BCUT2D eigenvalue weighted by molar-refractivity contribution is -0.117. The molecular formula is C21H31N3O2. The van der Waals surface area contributed by atoms with Crippen LogP contribution in [0.4, 0.5) is 0 Å². The van der Waals surface area contributed by atoms with Crippen LogP contribution in [0.1, 0.15) is 45.0 Å². The predicted molar refractivity (Wildman–Crippen MR) is 107 cm³/mol. The Morgan fingerprint density at radius 3 is 2.69 bits per heavy atom. The van der Waals surface area contributed by atoms with Crippen LogP contribution in [-0.2, 0) is 17.8 Å². The van der Waals surface area contributed by atoms with Crippen molar-refractivity contribution in [2.75, 3.05) is 26.2 Å². The number of benzene rings is 1. The van der Waals surface area contributed by atoms with E-state index in [-0.39, 0.29) is 5.78 Å². The SMILES string of the molecule is CCCCc1nc2cc(/C=C/C(=O)CO)ccc2n1CCN(CC)CC. The number of likely N-dealkylation sites (N-methyl/N-ethyl adjacent to an activating group) is 1. The van der Waals surface area contributed by atoms with Gasteiger partial charge in [0.2, 0.25) is 0 Å². The number of aryl methyl sites for hydroxylation is 1. The average molecular weight is 357 g/mol. The van der Waals surface area contributed by atoms with Gasteiger partial charge in [-0.15, -0.1) is 0 Å². The van der Waals surface area contributed by atoms with E-state index in [1.807, 2.05) is 12.1 Å². The van der Waals surface area contributed by atoms with Crippen molar-refractivity contribution >= 4 is 22.9 Å². The van der Waals surface area contributed by atoms with Gasteiger partial charge < -0.3 is 14.6 Å². The molecule has 1 aromatic carbocycles. The molecule has 5 heteroatoms. The van der Waals surface area contributed by atoms with E-state index in [9.17, 15) is 4.79 Å². The molecule has 1 N–H and O–H groups in total. The maximum atomic E-state index is 11.3. The molecule has 0 fully saturated rings. The Morgan fingerprint density at radius 2 is 2.04 bits per heavy atom. The number of aliphatic hydroxyl groups excluding tert-OH is 1. The van der Waals surface area contributed by atoms with Crippen LogP contribution in [0.2, 0.25) is 0 Å². The fraction of sp³-hybridized carbons (Fsp3) is 0.524. The molecule has 0 bridgehead atoms. The number of nitrogens with zero attached hydrogens (tertiary/aromatic N) is 3. The van der Waals surface area contributed by atoms with E-state index < -0.39 is 6.61 Å². The zero-order valence-electron chi connectivity index (χ0n) is 16.2. The fourth-order valence-corrected chi connectivity index (χ4v) is 3.10. The molecule has 1 aromatic heterocycles. The molecule has 2 rings (SSSR count). The number of carbonyl (C=O) groups excluding carboxylic acids is 1. The van der Waals surface area contributed by atoms with Crippen molar-refractivity contribution in [2.24, 2.45) is 0 Å². The summed E-state index contributed by atoms with van der Waals surface area (Å²) in [5.74, 6) is 0.847. The normalized spacial score (nSPS) is 11.9. The van der Waals surface area contributed by atoms with E-state index in [1.54, 1.807) is 6.08 Å². The van der Waals surface area contributed by atoms with Crippen LogP contribution in [0, 0.1) is 0 Å². The van der Waals surface area contributed by atoms with Gasteiger partial charge in [0.1, 0.15) is 12.4 Å². The Hall–Kier alpha value is -1.98. The van der Waals surface area contributed by atoms with Crippen molar-refractivity contribution in [1.29, 1.82) is 0 Å². The molecule has 0 atom stereocenters. The topological polar surface area (TPSA) is 58.4 Å². The lowest BCUT2D eigenvalue weighted by Gasteiger charge is -2.19. The van der Waals surface area contributed by atoms with Crippen LogP contribution >= 0.6 is 0 Å². The standard InChI is InChI=1S/C21H31N3O2/c1-4-7-8-21-22-19-15-17(9-11-18(26)16-25)10-12-20(19)24(21)14-13-23(5-2)6-3/h9-12,15,25H,4-8,13-14,16H2,1-3H3/b11-9+. The number of carbonyl (C=O) groups is 1. The summed E-state index contributed by atoms with van der Waals surface area (Å²) in [6.07, 6.45) is 6.41. The molecule has 5 nitrogen and oxygen atoms in total. The van der Waals surface area contributed by atoms with E-state index >= 15 is 0 Å². The summed E-state index contributed by atoms with van der Waals surface area (Å²) in [5, 5.41) is 8.83. The maximum Gasteiger partial charge on any atom is 0.181 e. The monoisotopic (exact) mass is 357 g/mol. The van der Waals surface area contributed by atoms with Gasteiger partial charge in [0.05, 0.1) is 11.0 Å². The highest BCUT2D eigenvalue weighted by Crippen LogP contribution is 2.20. The molecule has 0 aliphatic heterocycles. The fourth-order valence-electron chi connectivity index (χ4n) is 3.10. The highest BCUT2D eigenvalue weighted by atomic mass is 16.3. The number of ketones is 1. The van der Waals surface area contributed by atoms with Gasteiger partial charge in [-0.3, -0.25) is 4.79 Å². The number of aliphatic hydroxyl groups is 1. The van der Waals surface area contributed by atoms with Gasteiger partial charge in [0, 0.05) is 19.5 Å². The van der Waals surface area contributed by atoms with Crippen LogP contribution in [-0.4, -0.2) is 51.6 Å². The third-order valence-corrected chi connectivity index (χ3v) is 4.76. The summed E-state index contributed by atoms with van der Waals surface area (Å²) < 4.78 is 2.34. The zero-order chi connectivity index (χ0) is 18.9. The first-order valence-electron chi connectivity index (χ1n) is 9.66. The first kappa shape index (κ1) is 20.3. The van der Waals surface area contributed by atoms with Gasteiger partial charge in [-0.2, -0.15) is 0 Å². The van der Waals surface area contributed by atoms with E-state index in [4.69, 9.17) is 10.1 Å². The van der Waals surface area contributed by atoms with E-state index in [0.717, 1.165) is 67.9 Å². The third kappa shape index (κ3) is 5.26. The van der Waals surface area contributed by atoms with Crippen molar-refractivity contribution < 1.29 is 9.90 Å². The second kappa shape index (κ2) is 10.2. The van der Waals surface area contributed by atoms with Crippen molar-refractivity contribution in [3.8, 4) is 0 Å². The molecule has 0 spiro atoms. The van der Waals surface area contributed by atoms with E-state index in [0.29, 0.717) is 0 Å². The van der Waals surface area contributed by atoms with Crippen LogP contribution in [0.5, 0.6) is 0 Å². The summed E-state index contributed by atoms with van der Waals surface area (Å²) in [5.41, 5.74) is 3.04. The molecule has 26 heavy (non-hydrogen) atoms. The molecule has 2 aromatic rings. The Bertz CT molecular complexity index is 745. The minimum Gasteiger partial charge on any atom is -0.388 e. The predicted octanol–water partition coefficient (Wildman–Crippen LogP) is 3.30. The quantitative estimate of drug-likeness (QED) is 0.627. The number of hydrogen-bond acceptors (Lipinski definition) is 4. The summed E-state index contributed by atoms with van der Waals surface area (Å²) in [4.78, 5) is 18.6. The molecule has 0 aliphatic rings. The molecule has 0 radical (unpaired) electrons. The molecule has 0 amide bonds. The van der Waals surface area contributed by atoms with Crippen molar-refractivity contribution in [3.63, 3.8) is 0 Å². The van der Waals surface area contributed by atoms with Crippen LogP contribution in [0.3, 0.4) is 0 Å². The van der Waals surface area contributed by atoms with Crippen LogP contribution < -0.4 is 0 Å². The summed E-state index contributed by atoms with van der Waals surface area (Å²) in [7, 11) is 0. The second-order valence-electron chi connectivity index (χ2n) is 6.52. The molecule has 1 heterocycles. The van der Waals surface area contributed by atoms with Gasteiger partial charge in [0.15, 0.2) is 5.78 Å². The molecule has 142 valence electrons. The zero-order valence-corrected chi connectivity index (χ0v) is 16.2. The first-order chi connectivity index (χ1) is 12.6. The van der Waals surface area contributed by atoms with Gasteiger partial charge in [-0.1, -0.05) is 39.3 Å². The number of unbranched alkanes of at least 4 members (excludes halogenated alkanes) is 1. The van der Waals surface area contributed by atoms with Gasteiger partial charge in [-0.05, 0) is 43.3 Å². The minimum absolute atomic E-state index is 0.293. The lowest BCUT2D eigenvalue weighted by atomic mass is 10.1. The van der Waals surface area contributed by atoms with E-state index in [1.165, 1.54) is 6.08 Å². The Morgan fingerprint density at radius 1 is 1.27 bits per heavy atom. The summed E-state index contributed by atoms with van der Waals surface area (Å²) in [6, 6.07) is 6.10. The lowest BCUT2D eigenvalue weighted by Crippen LogP contribution is -2.27. The van der Waals surface area contributed by atoms with Gasteiger partial charge in [0.25, 0.3) is 0 Å². The number of aromatic nitrogens is 2. The molecule has 0 aliphatic carbocycles. The first-order valence-corrected chi connectivity index (χ1v) is 9.66. The van der Waals surface area contributed by atoms with Gasteiger partial charge >= 0.3 is 0 Å². The largest absolute Gasteiger partial charge is 0.388 e. The summed E-state index contributed by atoms with van der Waals surface area (Å²) in [6.45, 7) is 10.2.